The number of fused-ring (bicyclic) bond motifs is 2. The summed E-state index contributed by atoms with van der Waals surface area (Å²) >= 11 is 0. The zero-order valence-electron chi connectivity index (χ0n) is 12.0. The molecule has 1 N–H and O–H groups in total. The summed E-state index contributed by atoms with van der Waals surface area (Å²) < 4.78 is 0. The SMILES string of the molecule is CC(=O)Nc1ccc2c3c(cccc13)-c1ccccc1C2=O. The van der Waals surface area contributed by atoms with E-state index in [0.29, 0.717) is 5.56 Å². The van der Waals surface area contributed by atoms with E-state index in [-0.39, 0.29) is 11.7 Å². The van der Waals surface area contributed by atoms with Crippen LogP contribution in [0.1, 0.15) is 22.8 Å². The Bertz CT molecular complexity index is 957. The van der Waals surface area contributed by atoms with E-state index in [1.54, 1.807) is 12.1 Å². The summed E-state index contributed by atoms with van der Waals surface area (Å²) in [5.74, 6) is -0.0862. The van der Waals surface area contributed by atoms with Gasteiger partial charge in [0.15, 0.2) is 5.78 Å². The van der Waals surface area contributed by atoms with Crippen LogP contribution >= 0.6 is 0 Å². The van der Waals surface area contributed by atoms with Gasteiger partial charge in [-0.25, -0.2) is 0 Å². The van der Waals surface area contributed by atoms with Crippen LogP contribution in [0.4, 0.5) is 5.69 Å². The number of carbonyl (C=O) groups excluding carboxylic acids is 2. The summed E-state index contributed by atoms with van der Waals surface area (Å²) in [7, 11) is 0. The molecule has 3 nitrogen and oxygen atoms in total. The van der Waals surface area contributed by atoms with Crippen molar-refractivity contribution < 1.29 is 9.59 Å². The number of benzene rings is 3. The first-order valence-electron chi connectivity index (χ1n) is 7.14. The summed E-state index contributed by atoms with van der Waals surface area (Å²) in [4.78, 5) is 24.1. The summed E-state index contributed by atoms with van der Waals surface area (Å²) in [5.41, 5.74) is 4.15. The Balaban J connectivity index is 2.12. The Hall–Kier alpha value is -2.94. The zero-order chi connectivity index (χ0) is 15.3. The Morgan fingerprint density at radius 2 is 1.55 bits per heavy atom. The lowest BCUT2D eigenvalue weighted by Gasteiger charge is -2.21. The van der Waals surface area contributed by atoms with Crippen LogP contribution in [0.3, 0.4) is 0 Å². The average molecular weight is 287 g/mol. The molecular weight excluding hydrogens is 274 g/mol. The van der Waals surface area contributed by atoms with Gasteiger partial charge in [0.05, 0.1) is 0 Å². The van der Waals surface area contributed by atoms with Gasteiger partial charge in [-0.15, -0.1) is 0 Å². The monoisotopic (exact) mass is 287 g/mol. The summed E-state index contributed by atoms with van der Waals surface area (Å²) in [5, 5.41) is 4.65. The maximum atomic E-state index is 12.7. The summed E-state index contributed by atoms with van der Waals surface area (Å²) in [6.45, 7) is 1.48. The molecule has 1 aliphatic rings. The maximum absolute atomic E-state index is 12.7. The van der Waals surface area contributed by atoms with Crippen LogP contribution in [0.15, 0.2) is 54.6 Å². The number of rotatable bonds is 1. The second-order valence-corrected chi connectivity index (χ2v) is 5.44. The van der Waals surface area contributed by atoms with Crippen molar-refractivity contribution in [3.05, 3.63) is 65.7 Å². The molecule has 0 aliphatic heterocycles. The van der Waals surface area contributed by atoms with Gasteiger partial charge in [0.2, 0.25) is 5.91 Å². The molecule has 0 bridgehead atoms. The van der Waals surface area contributed by atoms with Crippen molar-refractivity contribution in [1.29, 1.82) is 0 Å². The summed E-state index contributed by atoms with van der Waals surface area (Å²) in [6, 6.07) is 17.2. The lowest BCUT2D eigenvalue weighted by Crippen LogP contribution is -2.12. The molecule has 3 aromatic rings. The van der Waals surface area contributed by atoms with E-state index in [1.165, 1.54) is 6.92 Å². The largest absolute Gasteiger partial charge is 0.326 e. The molecule has 0 spiro atoms. The van der Waals surface area contributed by atoms with Gasteiger partial charge in [-0.2, -0.15) is 0 Å². The van der Waals surface area contributed by atoms with Crippen LogP contribution in [0.25, 0.3) is 21.9 Å². The van der Waals surface area contributed by atoms with Gasteiger partial charge in [-0.1, -0.05) is 42.5 Å². The van der Waals surface area contributed by atoms with E-state index in [2.05, 4.69) is 5.32 Å². The molecule has 106 valence electrons. The molecule has 0 heterocycles. The van der Waals surface area contributed by atoms with E-state index >= 15 is 0 Å². The van der Waals surface area contributed by atoms with Crippen LogP contribution < -0.4 is 5.32 Å². The normalized spacial score (nSPS) is 12.1. The van der Waals surface area contributed by atoms with Crippen LogP contribution in [-0.4, -0.2) is 11.7 Å². The molecule has 0 unspecified atom stereocenters. The van der Waals surface area contributed by atoms with E-state index in [4.69, 9.17) is 0 Å². The third-order valence-corrected chi connectivity index (χ3v) is 4.06. The fourth-order valence-electron chi connectivity index (χ4n) is 3.18. The summed E-state index contributed by atoms with van der Waals surface area (Å²) in [6.07, 6.45) is 0. The first kappa shape index (κ1) is 12.8. The number of hydrogen-bond acceptors (Lipinski definition) is 2. The highest BCUT2D eigenvalue weighted by Gasteiger charge is 2.25. The number of hydrogen-bond donors (Lipinski definition) is 1. The maximum Gasteiger partial charge on any atom is 0.221 e. The molecule has 0 aromatic heterocycles. The third-order valence-electron chi connectivity index (χ3n) is 4.06. The standard InChI is InChI=1S/C19H13NO2/c1-11(21)20-17-10-9-16-18-13(7-4-8-15(17)18)12-5-2-3-6-14(12)19(16)22/h2-10H,1H3,(H,20,21). The highest BCUT2D eigenvalue weighted by Crippen LogP contribution is 2.41. The second-order valence-electron chi connectivity index (χ2n) is 5.44. The number of ketones is 1. The topological polar surface area (TPSA) is 46.2 Å². The highest BCUT2D eigenvalue weighted by molar-refractivity contribution is 6.27. The van der Waals surface area contributed by atoms with E-state index in [0.717, 1.165) is 33.2 Å². The second kappa shape index (κ2) is 4.53. The van der Waals surface area contributed by atoms with Crippen molar-refractivity contribution in [2.24, 2.45) is 0 Å². The van der Waals surface area contributed by atoms with Crippen molar-refractivity contribution in [2.75, 3.05) is 5.32 Å². The van der Waals surface area contributed by atoms with Gasteiger partial charge in [0, 0.05) is 34.5 Å². The number of nitrogens with one attached hydrogen (secondary N) is 1. The minimum atomic E-state index is -0.122. The number of carbonyl (C=O) groups is 2. The number of anilines is 1. The predicted octanol–water partition coefficient (Wildman–Crippen LogP) is 4.01. The fraction of sp³-hybridized carbons (Fsp3) is 0.0526. The van der Waals surface area contributed by atoms with Crippen molar-refractivity contribution in [3.8, 4) is 11.1 Å². The van der Waals surface area contributed by atoms with Gasteiger partial charge in [0.25, 0.3) is 0 Å². The highest BCUT2D eigenvalue weighted by atomic mass is 16.1. The third kappa shape index (κ3) is 1.69. The van der Waals surface area contributed by atoms with Crippen LogP contribution in [0, 0.1) is 0 Å². The van der Waals surface area contributed by atoms with Crippen LogP contribution in [-0.2, 0) is 4.79 Å². The van der Waals surface area contributed by atoms with Gasteiger partial charge >= 0.3 is 0 Å². The molecule has 3 aromatic carbocycles. The molecule has 1 amide bonds. The van der Waals surface area contributed by atoms with Gasteiger partial charge in [-0.3, -0.25) is 9.59 Å². The minimum Gasteiger partial charge on any atom is -0.326 e. The Morgan fingerprint density at radius 3 is 2.32 bits per heavy atom. The van der Waals surface area contributed by atoms with Crippen molar-refractivity contribution in [1.82, 2.24) is 0 Å². The molecule has 22 heavy (non-hydrogen) atoms. The molecule has 0 fully saturated rings. The first-order valence-corrected chi connectivity index (χ1v) is 7.14. The molecule has 0 radical (unpaired) electrons. The van der Waals surface area contributed by atoms with Crippen molar-refractivity contribution >= 4 is 28.2 Å². The van der Waals surface area contributed by atoms with Crippen LogP contribution in [0.2, 0.25) is 0 Å². The Kier molecular flexibility index (Phi) is 2.63. The van der Waals surface area contributed by atoms with Gasteiger partial charge < -0.3 is 5.32 Å². The molecular formula is C19H13NO2. The minimum absolute atomic E-state index is 0.0358. The first-order chi connectivity index (χ1) is 10.7. The smallest absolute Gasteiger partial charge is 0.221 e. The lowest BCUT2D eigenvalue weighted by atomic mass is 9.82. The fourth-order valence-corrected chi connectivity index (χ4v) is 3.18. The molecule has 3 heteroatoms. The Labute approximate surface area is 127 Å². The van der Waals surface area contributed by atoms with E-state index in [1.807, 2.05) is 42.5 Å². The van der Waals surface area contributed by atoms with Crippen LogP contribution in [0.5, 0.6) is 0 Å². The quantitative estimate of drug-likeness (QED) is 0.575. The molecule has 4 rings (SSSR count). The average Bonchev–Trinajstić information content (AvgIpc) is 2.53. The van der Waals surface area contributed by atoms with Gasteiger partial charge in [0.1, 0.15) is 0 Å². The van der Waals surface area contributed by atoms with E-state index < -0.39 is 0 Å². The molecule has 0 atom stereocenters. The lowest BCUT2D eigenvalue weighted by molar-refractivity contribution is -0.114. The molecule has 0 saturated carbocycles. The zero-order valence-corrected chi connectivity index (χ0v) is 12.0. The predicted molar refractivity (Wildman–Crippen MR) is 87.1 cm³/mol. The Morgan fingerprint density at radius 1 is 0.818 bits per heavy atom. The van der Waals surface area contributed by atoms with Crippen molar-refractivity contribution in [3.63, 3.8) is 0 Å². The molecule has 0 saturated heterocycles. The van der Waals surface area contributed by atoms with Crippen molar-refractivity contribution in [2.45, 2.75) is 6.92 Å². The number of amides is 1. The molecule has 1 aliphatic carbocycles. The van der Waals surface area contributed by atoms with Gasteiger partial charge in [-0.05, 0) is 23.3 Å². The van der Waals surface area contributed by atoms with E-state index in [9.17, 15) is 9.59 Å².